The summed E-state index contributed by atoms with van der Waals surface area (Å²) in [7, 11) is 1.57. The van der Waals surface area contributed by atoms with E-state index in [4.69, 9.17) is 4.74 Å². The standard InChI is InChI=1S/C11H14BrNO2/c1-15-10-4-9(12)3-8(11(10)14)2-7-5-13-6-7/h3-4,7,13-14H,2,5-6H2,1H3. The van der Waals surface area contributed by atoms with Crippen molar-refractivity contribution in [3.63, 3.8) is 0 Å². The third kappa shape index (κ3) is 2.26. The number of hydrogen-bond donors (Lipinski definition) is 2. The van der Waals surface area contributed by atoms with Crippen molar-refractivity contribution < 1.29 is 9.84 Å². The normalized spacial score (nSPS) is 16.1. The molecule has 0 saturated carbocycles. The molecular formula is C11H14BrNO2. The van der Waals surface area contributed by atoms with Gasteiger partial charge >= 0.3 is 0 Å². The molecule has 0 spiro atoms. The number of halogens is 1. The topological polar surface area (TPSA) is 41.5 Å². The van der Waals surface area contributed by atoms with Gasteiger partial charge in [-0.05, 0) is 43.1 Å². The van der Waals surface area contributed by atoms with E-state index >= 15 is 0 Å². The summed E-state index contributed by atoms with van der Waals surface area (Å²) < 4.78 is 6.05. The SMILES string of the molecule is COc1cc(Br)cc(CC2CNC2)c1O. The van der Waals surface area contributed by atoms with Crippen LogP contribution in [0.4, 0.5) is 0 Å². The van der Waals surface area contributed by atoms with Gasteiger partial charge in [0.1, 0.15) is 0 Å². The van der Waals surface area contributed by atoms with Crippen molar-refractivity contribution >= 4 is 15.9 Å². The number of hydrogen-bond acceptors (Lipinski definition) is 3. The number of phenolic OH excluding ortho intramolecular Hbond substituents is 1. The second-order valence-corrected chi connectivity index (χ2v) is 4.76. The summed E-state index contributed by atoms with van der Waals surface area (Å²) in [5, 5.41) is 13.1. The molecule has 0 amide bonds. The van der Waals surface area contributed by atoms with Crippen LogP contribution in [0.25, 0.3) is 0 Å². The van der Waals surface area contributed by atoms with Gasteiger partial charge in [0.15, 0.2) is 11.5 Å². The van der Waals surface area contributed by atoms with Gasteiger partial charge in [-0.25, -0.2) is 0 Å². The van der Waals surface area contributed by atoms with E-state index in [0.717, 1.165) is 29.5 Å². The lowest BCUT2D eigenvalue weighted by atomic mass is 9.94. The first-order valence-corrected chi connectivity index (χ1v) is 5.76. The largest absolute Gasteiger partial charge is 0.504 e. The van der Waals surface area contributed by atoms with E-state index in [-0.39, 0.29) is 5.75 Å². The van der Waals surface area contributed by atoms with E-state index in [9.17, 15) is 5.11 Å². The fourth-order valence-corrected chi connectivity index (χ4v) is 2.23. The predicted octanol–water partition coefficient (Wildman–Crippen LogP) is 1.93. The summed E-state index contributed by atoms with van der Waals surface area (Å²) >= 11 is 3.41. The summed E-state index contributed by atoms with van der Waals surface area (Å²) in [5.74, 6) is 1.44. The average molecular weight is 272 g/mol. The molecule has 1 aromatic rings. The number of benzene rings is 1. The van der Waals surface area contributed by atoms with Crippen molar-refractivity contribution in [1.82, 2.24) is 5.32 Å². The number of aromatic hydroxyl groups is 1. The van der Waals surface area contributed by atoms with Crippen molar-refractivity contribution in [2.75, 3.05) is 20.2 Å². The van der Waals surface area contributed by atoms with Crippen LogP contribution in [-0.4, -0.2) is 25.3 Å². The molecule has 0 aromatic heterocycles. The number of methoxy groups -OCH3 is 1. The Morgan fingerprint density at radius 1 is 1.53 bits per heavy atom. The van der Waals surface area contributed by atoms with E-state index in [0.29, 0.717) is 11.7 Å². The molecule has 1 fully saturated rings. The van der Waals surface area contributed by atoms with Crippen LogP contribution < -0.4 is 10.1 Å². The lowest BCUT2D eigenvalue weighted by Gasteiger charge is -2.27. The zero-order valence-electron chi connectivity index (χ0n) is 8.59. The second kappa shape index (κ2) is 4.41. The van der Waals surface area contributed by atoms with Gasteiger partial charge < -0.3 is 15.2 Å². The Bertz CT molecular complexity index is 364. The van der Waals surface area contributed by atoms with Crippen LogP contribution in [0.3, 0.4) is 0 Å². The van der Waals surface area contributed by atoms with Gasteiger partial charge in [0.25, 0.3) is 0 Å². The van der Waals surface area contributed by atoms with Crippen molar-refractivity contribution in [2.24, 2.45) is 5.92 Å². The van der Waals surface area contributed by atoms with Crippen molar-refractivity contribution in [3.8, 4) is 11.5 Å². The van der Waals surface area contributed by atoms with Crippen LogP contribution in [0.1, 0.15) is 5.56 Å². The number of nitrogens with one attached hydrogen (secondary N) is 1. The lowest BCUT2D eigenvalue weighted by Crippen LogP contribution is -2.43. The van der Waals surface area contributed by atoms with Crippen LogP contribution in [-0.2, 0) is 6.42 Å². The minimum atomic E-state index is 0.271. The maximum absolute atomic E-state index is 9.92. The number of phenols is 1. The first kappa shape index (κ1) is 10.8. The molecule has 1 heterocycles. The predicted molar refractivity (Wildman–Crippen MR) is 62.4 cm³/mol. The Kier molecular flexibility index (Phi) is 3.17. The fourth-order valence-electron chi connectivity index (χ4n) is 1.74. The molecular weight excluding hydrogens is 258 g/mol. The zero-order valence-corrected chi connectivity index (χ0v) is 10.2. The number of ether oxygens (including phenoxy) is 1. The van der Waals surface area contributed by atoms with Crippen molar-refractivity contribution in [3.05, 3.63) is 22.2 Å². The minimum Gasteiger partial charge on any atom is -0.504 e. The van der Waals surface area contributed by atoms with Gasteiger partial charge in [0, 0.05) is 4.47 Å². The van der Waals surface area contributed by atoms with E-state index in [1.54, 1.807) is 13.2 Å². The van der Waals surface area contributed by atoms with E-state index in [1.807, 2.05) is 6.07 Å². The molecule has 2 rings (SSSR count). The van der Waals surface area contributed by atoms with Gasteiger partial charge in [-0.3, -0.25) is 0 Å². The molecule has 15 heavy (non-hydrogen) atoms. The third-order valence-electron chi connectivity index (χ3n) is 2.71. The van der Waals surface area contributed by atoms with Crippen LogP contribution >= 0.6 is 15.9 Å². The molecule has 3 nitrogen and oxygen atoms in total. The van der Waals surface area contributed by atoms with E-state index < -0.39 is 0 Å². The molecule has 0 aliphatic carbocycles. The summed E-state index contributed by atoms with van der Waals surface area (Å²) in [6, 6.07) is 3.73. The van der Waals surface area contributed by atoms with Crippen LogP contribution in [0.2, 0.25) is 0 Å². The van der Waals surface area contributed by atoms with E-state index in [1.165, 1.54) is 0 Å². The second-order valence-electron chi connectivity index (χ2n) is 3.84. The van der Waals surface area contributed by atoms with Crippen LogP contribution in [0.15, 0.2) is 16.6 Å². The maximum Gasteiger partial charge on any atom is 0.161 e. The molecule has 1 aliphatic rings. The van der Waals surface area contributed by atoms with Gasteiger partial charge in [-0.2, -0.15) is 0 Å². The molecule has 0 atom stereocenters. The molecule has 2 N–H and O–H groups in total. The Balaban J connectivity index is 2.24. The molecule has 0 radical (unpaired) electrons. The first-order valence-electron chi connectivity index (χ1n) is 4.97. The molecule has 1 aromatic carbocycles. The highest BCUT2D eigenvalue weighted by Gasteiger charge is 2.20. The summed E-state index contributed by atoms with van der Waals surface area (Å²) in [5.41, 5.74) is 0.952. The third-order valence-corrected chi connectivity index (χ3v) is 3.17. The summed E-state index contributed by atoms with van der Waals surface area (Å²) in [6.07, 6.45) is 0.897. The maximum atomic E-state index is 9.92. The monoisotopic (exact) mass is 271 g/mol. The highest BCUT2D eigenvalue weighted by Crippen LogP contribution is 2.35. The first-order chi connectivity index (χ1) is 7.20. The highest BCUT2D eigenvalue weighted by atomic mass is 79.9. The number of rotatable bonds is 3. The molecule has 1 saturated heterocycles. The highest BCUT2D eigenvalue weighted by molar-refractivity contribution is 9.10. The Morgan fingerprint density at radius 3 is 2.80 bits per heavy atom. The van der Waals surface area contributed by atoms with Crippen LogP contribution in [0, 0.1) is 5.92 Å². The summed E-state index contributed by atoms with van der Waals surface area (Å²) in [6.45, 7) is 2.07. The Hall–Kier alpha value is -0.740. The van der Waals surface area contributed by atoms with Gasteiger partial charge in [-0.1, -0.05) is 15.9 Å². The van der Waals surface area contributed by atoms with E-state index in [2.05, 4.69) is 21.2 Å². The van der Waals surface area contributed by atoms with Gasteiger partial charge in [0.2, 0.25) is 0 Å². The zero-order chi connectivity index (χ0) is 10.8. The molecule has 0 unspecified atom stereocenters. The quantitative estimate of drug-likeness (QED) is 0.883. The Morgan fingerprint density at radius 2 is 2.27 bits per heavy atom. The van der Waals surface area contributed by atoms with Gasteiger partial charge in [-0.15, -0.1) is 0 Å². The molecule has 82 valence electrons. The molecule has 0 bridgehead atoms. The van der Waals surface area contributed by atoms with Crippen molar-refractivity contribution in [2.45, 2.75) is 6.42 Å². The van der Waals surface area contributed by atoms with Crippen molar-refractivity contribution in [1.29, 1.82) is 0 Å². The van der Waals surface area contributed by atoms with Crippen LogP contribution in [0.5, 0.6) is 11.5 Å². The molecule has 4 heteroatoms. The van der Waals surface area contributed by atoms with Gasteiger partial charge in [0.05, 0.1) is 7.11 Å². The Labute approximate surface area is 97.6 Å². The lowest BCUT2D eigenvalue weighted by molar-refractivity contribution is 0.334. The average Bonchev–Trinajstić information content (AvgIpc) is 2.16. The summed E-state index contributed by atoms with van der Waals surface area (Å²) in [4.78, 5) is 0. The minimum absolute atomic E-state index is 0.271. The fraction of sp³-hybridized carbons (Fsp3) is 0.455. The molecule has 1 aliphatic heterocycles. The smallest absolute Gasteiger partial charge is 0.161 e.